The van der Waals surface area contributed by atoms with Crippen molar-refractivity contribution in [1.29, 1.82) is 0 Å². The van der Waals surface area contributed by atoms with E-state index in [2.05, 4.69) is 41.5 Å². The number of benzene rings is 1. The standard InChI is InChI=1S/C15H18N2O.C2H6/c1-10-3-4-11-8-12(17-13(11)7-10)9-16-14(18)15(2)5-6-15;1-2/h3-4,7-8,17H,5-6,9H2,1-2H3,(H,16,18);1-2H3. The lowest BCUT2D eigenvalue weighted by Gasteiger charge is -2.08. The number of carbonyl (C=O) groups excluding carboxylic acids is 1. The number of amides is 1. The Bertz CT molecular complexity index is 608. The van der Waals surface area contributed by atoms with E-state index in [-0.39, 0.29) is 11.3 Å². The maximum Gasteiger partial charge on any atom is 0.226 e. The van der Waals surface area contributed by atoms with Crippen molar-refractivity contribution < 1.29 is 4.79 Å². The van der Waals surface area contributed by atoms with Gasteiger partial charge in [-0.2, -0.15) is 0 Å². The topological polar surface area (TPSA) is 44.9 Å². The second-order valence-corrected chi connectivity index (χ2v) is 5.63. The molecule has 1 amide bonds. The molecule has 0 bridgehead atoms. The Morgan fingerprint density at radius 3 is 2.65 bits per heavy atom. The van der Waals surface area contributed by atoms with Crippen LogP contribution in [0.2, 0.25) is 0 Å². The lowest BCUT2D eigenvalue weighted by atomic mass is 10.1. The highest BCUT2D eigenvalue weighted by Gasteiger charge is 2.44. The van der Waals surface area contributed by atoms with Gasteiger partial charge in [-0.3, -0.25) is 4.79 Å². The van der Waals surface area contributed by atoms with Crippen LogP contribution < -0.4 is 5.32 Å². The number of aromatic nitrogens is 1. The van der Waals surface area contributed by atoms with E-state index in [1.165, 1.54) is 10.9 Å². The van der Waals surface area contributed by atoms with Gasteiger partial charge in [-0.05, 0) is 42.8 Å². The van der Waals surface area contributed by atoms with Crippen molar-refractivity contribution in [2.45, 2.75) is 47.1 Å². The Kier molecular flexibility index (Phi) is 4.17. The maximum absolute atomic E-state index is 11.8. The van der Waals surface area contributed by atoms with Gasteiger partial charge >= 0.3 is 0 Å². The van der Waals surface area contributed by atoms with Crippen LogP contribution in [0.4, 0.5) is 0 Å². The molecule has 0 saturated heterocycles. The summed E-state index contributed by atoms with van der Waals surface area (Å²) in [6.07, 6.45) is 2.04. The molecule has 1 aliphatic carbocycles. The van der Waals surface area contributed by atoms with Crippen LogP contribution in [-0.2, 0) is 11.3 Å². The van der Waals surface area contributed by atoms with E-state index >= 15 is 0 Å². The zero-order chi connectivity index (χ0) is 14.8. The fourth-order valence-electron chi connectivity index (χ4n) is 2.20. The third kappa shape index (κ3) is 3.03. The van der Waals surface area contributed by atoms with Crippen molar-refractivity contribution in [2.75, 3.05) is 0 Å². The molecule has 0 spiro atoms. The number of fused-ring (bicyclic) bond motifs is 1. The van der Waals surface area contributed by atoms with Crippen molar-refractivity contribution in [3.8, 4) is 0 Å². The molecule has 20 heavy (non-hydrogen) atoms. The summed E-state index contributed by atoms with van der Waals surface area (Å²) in [4.78, 5) is 15.2. The maximum atomic E-state index is 11.8. The van der Waals surface area contributed by atoms with E-state index in [1.54, 1.807) is 0 Å². The third-order valence-corrected chi connectivity index (χ3v) is 3.82. The lowest BCUT2D eigenvalue weighted by Crippen LogP contribution is -2.29. The van der Waals surface area contributed by atoms with Crippen LogP contribution in [0.1, 0.15) is 44.9 Å². The van der Waals surface area contributed by atoms with E-state index < -0.39 is 0 Å². The van der Waals surface area contributed by atoms with Crippen LogP contribution in [-0.4, -0.2) is 10.9 Å². The van der Waals surface area contributed by atoms with E-state index in [9.17, 15) is 4.79 Å². The SMILES string of the molecule is CC.Cc1ccc2cc(CNC(=O)C3(C)CC3)[nH]c2c1. The summed E-state index contributed by atoms with van der Waals surface area (Å²) in [5.41, 5.74) is 3.35. The van der Waals surface area contributed by atoms with Gasteiger partial charge in [0.1, 0.15) is 0 Å². The zero-order valence-electron chi connectivity index (χ0n) is 12.8. The van der Waals surface area contributed by atoms with Gasteiger partial charge in [0.25, 0.3) is 0 Å². The van der Waals surface area contributed by atoms with Crippen molar-refractivity contribution in [2.24, 2.45) is 5.41 Å². The molecule has 0 radical (unpaired) electrons. The number of aromatic amines is 1. The number of hydrogen-bond acceptors (Lipinski definition) is 1. The van der Waals surface area contributed by atoms with Gasteiger partial charge in [-0.25, -0.2) is 0 Å². The first-order chi connectivity index (χ1) is 9.57. The second kappa shape index (κ2) is 5.70. The predicted molar refractivity (Wildman–Crippen MR) is 83.6 cm³/mol. The van der Waals surface area contributed by atoms with Crippen molar-refractivity contribution in [3.05, 3.63) is 35.5 Å². The molecule has 3 nitrogen and oxygen atoms in total. The molecule has 1 saturated carbocycles. The van der Waals surface area contributed by atoms with Crippen LogP contribution in [0.15, 0.2) is 24.3 Å². The summed E-state index contributed by atoms with van der Waals surface area (Å²) in [6.45, 7) is 8.69. The number of aryl methyl sites for hydroxylation is 1. The molecule has 0 atom stereocenters. The summed E-state index contributed by atoms with van der Waals surface area (Å²) in [6, 6.07) is 8.44. The molecule has 3 heteroatoms. The van der Waals surface area contributed by atoms with Crippen LogP contribution >= 0.6 is 0 Å². The number of nitrogens with one attached hydrogen (secondary N) is 2. The number of rotatable bonds is 3. The fourth-order valence-corrected chi connectivity index (χ4v) is 2.20. The summed E-state index contributed by atoms with van der Waals surface area (Å²) < 4.78 is 0. The summed E-state index contributed by atoms with van der Waals surface area (Å²) in [7, 11) is 0. The first-order valence-electron chi connectivity index (χ1n) is 7.43. The number of H-pyrrole nitrogens is 1. The van der Waals surface area contributed by atoms with Gasteiger partial charge in [-0.15, -0.1) is 0 Å². The Hall–Kier alpha value is -1.77. The average Bonchev–Trinajstić information content (AvgIpc) is 3.07. The molecule has 1 aliphatic rings. The van der Waals surface area contributed by atoms with Crippen molar-refractivity contribution in [1.82, 2.24) is 10.3 Å². The molecule has 0 unspecified atom stereocenters. The molecule has 0 aliphatic heterocycles. The first kappa shape index (κ1) is 14.6. The first-order valence-corrected chi connectivity index (χ1v) is 7.43. The Balaban J connectivity index is 0.000000704. The Morgan fingerprint density at radius 2 is 2.00 bits per heavy atom. The summed E-state index contributed by atoms with van der Waals surface area (Å²) >= 11 is 0. The summed E-state index contributed by atoms with van der Waals surface area (Å²) in [5.74, 6) is 0.178. The van der Waals surface area contributed by atoms with E-state index in [1.807, 2.05) is 20.8 Å². The van der Waals surface area contributed by atoms with Crippen molar-refractivity contribution in [3.63, 3.8) is 0 Å². The Labute approximate surface area is 120 Å². The minimum atomic E-state index is -0.0946. The highest BCUT2D eigenvalue weighted by atomic mass is 16.2. The summed E-state index contributed by atoms with van der Waals surface area (Å²) in [5, 5.41) is 4.20. The fraction of sp³-hybridized carbons (Fsp3) is 0.471. The molecular formula is C17H24N2O. The van der Waals surface area contributed by atoms with Gasteiger partial charge in [0, 0.05) is 16.6 Å². The quantitative estimate of drug-likeness (QED) is 0.874. The van der Waals surface area contributed by atoms with E-state index in [0.717, 1.165) is 24.1 Å². The molecule has 1 heterocycles. The molecule has 2 N–H and O–H groups in total. The largest absolute Gasteiger partial charge is 0.357 e. The van der Waals surface area contributed by atoms with Crippen molar-refractivity contribution >= 4 is 16.8 Å². The Morgan fingerprint density at radius 1 is 1.30 bits per heavy atom. The van der Waals surface area contributed by atoms with E-state index in [0.29, 0.717) is 6.54 Å². The third-order valence-electron chi connectivity index (χ3n) is 3.82. The van der Waals surface area contributed by atoms with Gasteiger partial charge in [-0.1, -0.05) is 32.9 Å². The molecule has 1 aromatic carbocycles. The number of hydrogen-bond donors (Lipinski definition) is 2. The molecule has 1 fully saturated rings. The molecule has 1 aromatic heterocycles. The van der Waals surface area contributed by atoms with Crippen LogP contribution in [0.3, 0.4) is 0 Å². The molecule has 3 rings (SSSR count). The predicted octanol–water partition coefficient (Wildman–Crippen LogP) is 3.92. The van der Waals surface area contributed by atoms with Gasteiger partial charge in [0.2, 0.25) is 5.91 Å². The highest BCUT2D eigenvalue weighted by molar-refractivity contribution is 5.85. The molecule has 2 aromatic rings. The van der Waals surface area contributed by atoms with Gasteiger partial charge in [0.15, 0.2) is 0 Å². The second-order valence-electron chi connectivity index (χ2n) is 5.63. The lowest BCUT2D eigenvalue weighted by molar-refractivity contribution is -0.125. The van der Waals surface area contributed by atoms with E-state index in [4.69, 9.17) is 0 Å². The smallest absolute Gasteiger partial charge is 0.226 e. The van der Waals surface area contributed by atoms with Crippen LogP contribution in [0.5, 0.6) is 0 Å². The van der Waals surface area contributed by atoms with Gasteiger partial charge < -0.3 is 10.3 Å². The normalized spacial score (nSPS) is 15.4. The van der Waals surface area contributed by atoms with Gasteiger partial charge in [0.05, 0.1) is 6.54 Å². The molecular weight excluding hydrogens is 248 g/mol. The van der Waals surface area contributed by atoms with Crippen LogP contribution in [0.25, 0.3) is 10.9 Å². The minimum Gasteiger partial charge on any atom is -0.357 e. The minimum absolute atomic E-state index is 0.0946. The monoisotopic (exact) mass is 272 g/mol. The van der Waals surface area contributed by atoms with Crippen LogP contribution in [0, 0.1) is 12.3 Å². The zero-order valence-corrected chi connectivity index (χ0v) is 12.8. The molecule has 108 valence electrons. The highest BCUT2D eigenvalue weighted by Crippen LogP contribution is 2.45. The number of carbonyl (C=O) groups is 1. The average molecular weight is 272 g/mol.